The number of rotatable bonds is 2. The van der Waals surface area contributed by atoms with Gasteiger partial charge in [0.2, 0.25) is 0 Å². The molecular weight excluding hydrogens is 184 g/mol. The average Bonchev–Trinajstić information content (AvgIpc) is 2.26. The molecule has 0 atom stereocenters. The minimum absolute atomic E-state index is 0.934. The molecule has 2 heteroatoms. The van der Waals surface area contributed by atoms with Gasteiger partial charge in [-0.25, -0.2) is 0 Å². The molecule has 2 nitrogen and oxygen atoms in total. The Kier molecular flexibility index (Phi) is 2.77. The Morgan fingerprint density at radius 3 is 2.53 bits per heavy atom. The van der Waals surface area contributed by atoms with Crippen LogP contribution in [0.15, 0.2) is 36.5 Å². The quantitative estimate of drug-likeness (QED) is 0.741. The van der Waals surface area contributed by atoms with Crippen LogP contribution in [0.4, 0.5) is 0 Å². The highest BCUT2D eigenvalue weighted by Crippen LogP contribution is 2.13. The number of aryl methyl sites for hydroxylation is 1. The van der Waals surface area contributed by atoms with Crippen LogP contribution in [0.5, 0.6) is 0 Å². The molecule has 0 fully saturated rings. The SMILES string of the molecule is Cc1nncc(Cc2ccccc2)c1C. The molecule has 1 aromatic carbocycles. The Bertz CT molecular complexity index is 449. The molecule has 0 N–H and O–H groups in total. The molecule has 0 aliphatic carbocycles. The highest BCUT2D eigenvalue weighted by molar-refractivity contribution is 5.31. The second-order valence-corrected chi connectivity index (χ2v) is 3.74. The maximum Gasteiger partial charge on any atom is 0.0632 e. The lowest BCUT2D eigenvalue weighted by molar-refractivity contribution is 0.928. The van der Waals surface area contributed by atoms with E-state index in [1.807, 2.05) is 19.2 Å². The first-order valence-electron chi connectivity index (χ1n) is 5.09. The monoisotopic (exact) mass is 198 g/mol. The van der Waals surface area contributed by atoms with E-state index in [0.29, 0.717) is 0 Å². The molecule has 0 spiro atoms. The zero-order valence-corrected chi connectivity index (χ0v) is 9.07. The predicted octanol–water partition coefficient (Wildman–Crippen LogP) is 2.68. The first kappa shape index (κ1) is 9.84. The van der Waals surface area contributed by atoms with E-state index >= 15 is 0 Å². The minimum atomic E-state index is 0.934. The highest BCUT2D eigenvalue weighted by Gasteiger charge is 2.03. The molecule has 0 aliphatic heterocycles. The van der Waals surface area contributed by atoms with Crippen LogP contribution in [0.3, 0.4) is 0 Å². The number of hydrogen-bond donors (Lipinski definition) is 0. The number of benzene rings is 1. The Morgan fingerprint density at radius 1 is 1.07 bits per heavy atom. The number of aromatic nitrogens is 2. The fraction of sp³-hybridized carbons (Fsp3) is 0.231. The molecule has 0 aliphatic rings. The van der Waals surface area contributed by atoms with Crippen molar-refractivity contribution >= 4 is 0 Å². The smallest absolute Gasteiger partial charge is 0.0632 e. The van der Waals surface area contributed by atoms with Gasteiger partial charge in [0.05, 0.1) is 11.9 Å². The van der Waals surface area contributed by atoms with Gasteiger partial charge in [0.25, 0.3) is 0 Å². The summed E-state index contributed by atoms with van der Waals surface area (Å²) in [5.41, 5.74) is 4.83. The highest BCUT2D eigenvalue weighted by atomic mass is 15.1. The van der Waals surface area contributed by atoms with Crippen molar-refractivity contribution in [3.63, 3.8) is 0 Å². The standard InChI is InChI=1S/C13H14N2/c1-10-11(2)15-14-9-13(10)8-12-6-4-3-5-7-12/h3-7,9H,8H2,1-2H3. The molecule has 0 saturated carbocycles. The van der Waals surface area contributed by atoms with Gasteiger partial charge in [0, 0.05) is 0 Å². The van der Waals surface area contributed by atoms with E-state index in [2.05, 4.69) is 41.4 Å². The van der Waals surface area contributed by atoms with Crippen molar-refractivity contribution in [3.05, 3.63) is 58.9 Å². The molecule has 0 radical (unpaired) electrons. The molecule has 0 unspecified atom stereocenters. The Balaban J connectivity index is 2.29. The maximum atomic E-state index is 4.03. The molecule has 15 heavy (non-hydrogen) atoms. The molecular formula is C13H14N2. The fourth-order valence-corrected chi connectivity index (χ4v) is 1.58. The predicted molar refractivity (Wildman–Crippen MR) is 60.8 cm³/mol. The van der Waals surface area contributed by atoms with Crippen LogP contribution in [0.1, 0.15) is 22.4 Å². The van der Waals surface area contributed by atoms with Gasteiger partial charge in [-0.3, -0.25) is 0 Å². The van der Waals surface area contributed by atoms with E-state index in [1.165, 1.54) is 16.7 Å². The van der Waals surface area contributed by atoms with Gasteiger partial charge in [0.1, 0.15) is 0 Å². The van der Waals surface area contributed by atoms with Crippen molar-refractivity contribution in [2.24, 2.45) is 0 Å². The van der Waals surface area contributed by atoms with Crippen molar-refractivity contribution in [2.75, 3.05) is 0 Å². The third-order valence-electron chi connectivity index (χ3n) is 2.68. The van der Waals surface area contributed by atoms with E-state index in [0.717, 1.165) is 12.1 Å². The van der Waals surface area contributed by atoms with Gasteiger partial charge in [-0.15, -0.1) is 0 Å². The van der Waals surface area contributed by atoms with Gasteiger partial charge < -0.3 is 0 Å². The average molecular weight is 198 g/mol. The van der Waals surface area contributed by atoms with Crippen molar-refractivity contribution in [1.82, 2.24) is 10.2 Å². The summed E-state index contributed by atoms with van der Waals surface area (Å²) < 4.78 is 0. The van der Waals surface area contributed by atoms with Crippen LogP contribution in [-0.4, -0.2) is 10.2 Å². The van der Waals surface area contributed by atoms with Crippen LogP contribution in [0.25, 0.3) is 0 Å². The molecule has 0 amide bonds. The lowest BCUT2D eigenvalue weighted by Crippen LogP contribution is -1.98. The third kappa shape index (κ3) is 2.21. The van der Waals surface area contributed by atoms with Crippen molar-refractivity contribution in [1.29, 1.82) is 0 Å². The van der Waals surface area contributed by atoms with Gasteiger partial charge in [-0.2, -0.15) is 10.2 Å². The van der Waals surface area contributed by atoms with Gasteiger partial charge in [0.15, 0.2) is 0 Å². The lowest BCUT2D eigenvalue weighted by Gasteiger charge is -2.06. The largest absolute Gasteiger partial charge is 0.159 e. The second kappa shape index (κ2) is 4.22. The van der Waals surface area contributed by atoms with Crippen LogP contribution >= 0.6 is 0 Å². The van der Waals surface area contributed by atoms with E-state index in [1.54, 1.807) is 0 Å². The van der Waals surface area contributed by atoms with Crippen LogP contribution in [-0.2, 0) is 6.42 Å². The molecule has 1 heterocycles. The third-order valence-corrected chi connectivity index (χ3v) is 2.68. The second-order valence-electron chi connectivity index (χ2n) is 3.74. The van der Waals surface area contributed by atoms with Gasteiger partial charge >= 0.3 is 0 Å². The fourth-order valence-electron chi connectivity index (χ4n) is 1.58. The summed E-state index contributed by atoms with van der Waals surface area (Å²) in [5.74, 6) is 0. The lowest BCUT2D eigenvalue weighted by atomic mass is 10.0. The Labute approximate surface area is 90.0 Å². The Hall–Kier alpha value is -1.70. The van der Waals surface area contributed by atoms with Crippen molar-refractivity contribution in [3.8, 4) is 0 Å². The topological polar surface area (TPSA) is 25.8 Å². The zero-order chi connectivity index (χ0) is 10.7. The molecule has 76 valence electrons. The molecule has 0 bridgehead atoms. The van der Waals surface area contributed by atoms with Gasteiger partial charge in [-0.1, -0.05) is 30.3 Å². The summed E-state index contributed by atoms with van der Waals surface area (Å²) in [7, 11) is 0. The summed E-state index contributed by atoms with van der Waals surface area (Å²) >= 11 is 0. The summed E-state index contributed by atoms with van der Waals surface area (Å²) in [6.45, 7) is 4.10. The van der Waals surface area contributed by atoms with E-state index in [4.69, 9.17) is 0 Å². The van der Waals surface area contributed by atoms with E-state index < -0.39 is 0 Å². The number of nitrogens with zero attached hydrogens (tertiary/aromatic N) is 2. The zero-order valence-electron chi connectivity index (χ0n) is 9.07. The number of hydrogen-bond acceptors (Lipinski definition) is 2. The Morgan fingerprint density at radius 2 is 1.80 bits per heavy atom. The van der Waals surface area contributed by atoms with Crippen LogP contribution in [0.2, 0.25) is 0 Å². The molecule has 2 rings (SSSR count). The first-order chi connectivity index (χ1) is 7.27. The summed E-state index contributed by atoms with van der Waals surface area (Å²) in [5, 5.41) is 8.02. The van der Waals surface area contributed by atoms with Crippen LogP contribution in [0, 0.1) is 13.8 Å². The normalized spacial score (nSPS) is 10.3. The van der Waals surface area contributed by atoms with Gasteiger partial charge in [-0.05, 0) is 37.0 Å². The van der Waals surface area contributed by atoms with Crippen LogP contribution < -0.4 is 0 Å². The molecule has 2 aromatic rings. The van der Waals surface area contributed by atoms with E-state index in [-0.39, 0.29) is 0 Å². The first-order valence-corrected chi connectivity index (χ1v) is 5.09. The van der Waals surface area contributed by atoms with Crippen molar-refractivity contribution in [2.45, 2.75) is 20.3 Å². The summed E-state index contributed by atoms with van der Waals surface area (Å²) in [6.07, 6.45) is 2.79. The maximum absolute atomic E-state index is 4.03. The summed E-state index contributed by atoms with van der Waals surface area (Å²) in [4.78, 5) is 0. The molecule has 1 aromatic heterocycles. The minimum Gasteiger partial charge on any atom is -0.159 e. The van der Waals surface area contributed by atoms with Crippen molar-refractivity contribution < 1.29 is 0 Å². The van der Waals surface area contributed by atoms with E-state index in [9.17, 15) is 0 Å². The molecule has 0 saturated heterocycles. The summed E-state index contributed by atoms with van der Waals surface area (Å²) in [6, 6.07) is 10.4.